The molecule has 5 rings (SSSR count). The normalized spacial score (nSPS) is 14.0. The molecular formula is C31H31N7O4. The standard InChI is InChI=1S/C31H31N7O4/c1-19(32)36-18-37-30-28-27(25(42-2)16-35-30)24(15-34-28)29(40)31(41)38-10-8-22(9-11-38)26(21-6-4-3-5-7-21)23-12-20(17-39)13-33-14-23/h3-7,12-16,18,34,39H,8-11,17H2,1-2H3,(H2,32,35,36,37). The Morgan fingerprint density at radius 1 is 1.14 bits per heavy atom. The zero-order chi connectivity index (χ0) is 29.6. The minimum absolute atomic E-state index is 0.105. The molecule has 4 N–H and O–H groups in total. The molecule has 0 saturated carbocycles. The first-order chi connectivity index (χ1) is 20.4. The van der Waals surface area contributed by atoms with Gasteiger partial charge >= 0.3 is 0 Å². The van der Waals surface area contributed by atoms with Crippen LogP contribution in [0, 0.1) is 0 Å². The number of piperidine rings is 1. The Morgan fingerprint density at radius 2 is 1.90 bits per heavy atom. The Hall–Kier alpha value is -5.16. The highest BCUT2D eigenvalue weighted by Gasteiger charge is 2.30. The largest absolute Gasteiger partial charge is 0.494 e. The molecule has 0 aliphatic carbocycles. The summed E-state index contributed by atoms with van der Waals surface area (Å²) in [4.78, 5) is 48.3. The number of aromatic amines is 1. The molecule has 1 amide bonds. The summed E-state index contributed by atoms with van der Waals surface area (Å²) < 4.78 is 5.45. The number of H-pyrrole nitrogens is 1. The number of nitrogens with one attached hydrogen (secondary N) is 1. The van der Waals surface area contributed by atoms with E-state index in [1.54, 1.807) is 24.2 Å². The number of ether oxygens (including phenoxy) is 1. The van der Waals surface area contributed by atoms with Crippen molar-refractivity contribution in [3.8, 4) is 5.75 Å². The van der Waals surface area contributed by atoms with Crippen LogP contribution in [0.5, 0.6) is 5.75 Å². The first kappa shape index (κ1) is 28.4. The van der Waals surface area contributed by atoms with Gasteiger partial charge in [-0.05, 0) is 42.5 Å². The number of amides is 1. The minimum atomic E-state index is -0.646. The zero-order valence-electron chi connectivity index (χ0n) is 23.4. The number of aliphatic imine (C=N–C) groups is 2. The predicted molar refractivity (Wildman–Crippen MR) is 161 cm³/mol. The summed E-state index contributed by atoms with van der Waals surface area (Å²) in [5.74, 6) is -0.278. The van der Waals surface area contributed by atoms with Crippen molar-refractivity contribution in [3.05, 3.63) is 89.0 Å². The summed E-state index contributed by atoms with van der Waals surface area (Å²) in [7, 11) is 1.47. The number of carbonyl (C=O) groups excluding carboxylic acids is 2. The molecule has 1 aliphatic rings. The van der Waals surface area contributed by atoms with Gasteiger partial charge in [0.05, 0.1) is 42.2 Å². The van der Waals surface area contributed by atoms with Gasteiger partial charge in [-0.15, -0.1) is 0 Å². The maximum atomic E-state index is 13.5. The number of pyridine rings is 2. The predicted octanol–water partition coefficient (Wildman–Crippen LogP) is 3.80. The van der Waals surface area contributed by atoms with E-state index >= 15 is 0 Å². The summed E-state index contributed by atoms with van der Waals surface area (Å²) in [5, 5.41) is 10.1. The number of aromatic nitrogens is 3. The number of aliphatic hydroxyl groups is 1. The van der Waals surface area contributed by atoms with Crippen LogP contribution in [0.4, 0.5) is 5.82 Å². The number of Topliss-reactive ketones (excluding diaryl/α,β-unsaturated/α-hetero) is 1. The number of ketones is 1. The van der Waals surface area contributed by atoms with Crippen molar-refractivity contribution in [1.29, 1.82) is 0 Å². The molecular weight excluding hydrogens is 534 g/mol. The number of nitrogens with zero attached hydrogens (tertiary/aromatic N) is 5. The van der Waals surface area contributed by atoms with Gasteiger partial charge in [-0.2, -0.15) is 0 Å². The zero-order valence-corrected chi connectivity index (χ0v) is 23.4. The smallest absolute Gasteiger partial charge is 0.295 e. The second-order valence-electron chi connectivity index (χ2n) is 9.82. The molecule has 42 heavy (non-hydrogen) atoms. The van der Waals surface area contributed by atoms with E-state index in [1.807, 2.05) is 36.4 Å². The van der Waals surface area contributed by atoms with Crippen LogP contribution in [0.15, 0.2) is 76.7 Å². The number of fused-ring (bicyclic) bond motifs is 1. The maximum Gasteiger partial charge on any atom is 0.295 e. The highest BCUT2D eigenvalue weighted by Crippen LogP contribution is 2.35. The summed E-state index contributed by atoms with van der Waals surface area (Å²) in [6.07, 6.45) is 8.82. The van der Waals surface area contributed by atoms with Crippen LogP contribution in [-0.4, -0.2) is 69.0 Å². The number of benzene rings is 1. The first-order valence-electron chi connectivity index (χ1n) is 13.4. The van der Waals surface area contributed by atoms with Gasteiger partial charge in [0.15, 0.2) is 5.82 Å². The fraction of sp³-hybridized carbons (Fsp3) is 0.226. The molecule has 3 aromatic heterocycles. The Kier molecular flexibility index (Phi) is 8.49. The lowest BCUT2D eigenvalue weighted by molar-refractivity contribution is -0.126. The average molecular weight is 566 g/mol. The second kappa shape index (κ2) is 12.6. The van der Waals surface area contributed by atoms with Crippen LogP contribution in [0.1, 0.15) is 46.8 Å². The Morgan fingerprint density at radius 3 is 2.60 bits per heavy atom. The molecule has 1 aromatic carbocycles. The Labute approximate surface area is 242 Å². The molecule has 11 heteroatoms. The van der Waals surface area contributed by atoms with Crippen LogP contribution in [0.2, 0.25) is 0 Å². The van der Waals surface area contributed by atoms with Crippen molar-refractivity contribution < 1.29 is 19.4 Å². The molecule has 4 aromatic rings. The highest BCUT2D eigenvalue weighted by molar-refractivity contribution is 6.45. The van der Waals surface area contributed by atoms with Crippen molar-refractivity contribution in [2.75, 3.05) is 20.2 Å². The number of nitrogens with two attached hydrogens (primary N) is 1. The van der Waals surface area contributed by atoms with Crippen LogP contribution in [0.25, 0.3) is 16.5 Å². The monoisotopic (exact) mass is 565 g/mol. The number of likely N-dealkylation sites (tertiary alicyclic amines) is 1. The lowest BCUT2D eigenvalue weighted by Crippen LogP contribution is -2.40. The molecule has 0 unspecified atom stereocenters. The number of methoxy groups -OCH3 is 1. The minimum Gasteiger partial charge on any atom is -0.494 e. The van der Waals surface area contributed by atoms with Crippen molar-refractivity contribution >= 4 is 46.2 Å². The maximum absolute atomic E-state index is 13.5. The lowest BCUT2D eigenvalue weighted by atomic mass is 9.88. The van der Waals surface area contributed by atoms with Gasteiger partial charge in [-0.3, -0.25) is 14.6 Å². The fourth-order valence-electron chi connectivity index (χ4n) is 5.09. The SMILES string of the molecule is COc1cnc(N=CN=C(C)N)c2[nH]cc(C(=O)C(=O)N3CCC(=C(c4ccccc4)c4cncc(CO)c4)CC3)c12. The number of carbonyl (C=O) groups is 2. The van der Waals surface area contributed by atoms with E-state index in [0.717, 1.165) is 27.8 Å². The number of hydrogen-bond acceptors (Lipinski definition) is 7. The Bertz CT molecular complexity index is 1710. The van der Waals surface area contributed by atoms with Crippen molar-refractivity contribution in [3.63, 3.8) is 0 Å². The van der Waals surface area contributed by atoms with E-state index in [-0.39, 0.29) is 18.0 Å². The number of aliphatic hydroxyl groups excluding tert-OH is 1. The van der Waals surface area contributed by atoms with E-state index in [0.29, 0.717) is 48.4 Å². The van der Waals surface area contributed by atoms with Gasteiger partial charge in [0.2, 0.25) is 0 Å². The van der Waals surface area contributed by atoms with Gasteiger partial charge < -0.3 is 25.5 Å². The van der Waals surface area contributed by atoms with E-state index in [2.05, 4.69) is 24.9 Å². The first-order valence-corrected chi connectivity index (χ1v) is 13.4. The molecule has 0 atom stereocenters. The quantitative estimate of drug-likeness (QED) is 0.127. The van der Waals surface area contributed by atoms with Crippen LogP contribution in [0.3, 0.4) is 0 Å². The van der Waals surface area contributed by atoms with Gasteiger partial charge in [0, 0.05) is 37.2 Å². The molecule has 0 spiro atoms. The summed E-state index contributed by atoms with van der Waals surface area (Å²) in [6.45, 7) is 2.30. The van der Waals surface area contributed by atoms with Crippen LogP contribution in [-0.2, 0) is 11.4 Å². The molecule has 4 heterocycles. The number of hydrogen-bond donors (Lipinski definition) is 3. The van der Waals surface area contributed by atoms with Gasteiger partial charge in [0.25, 0.3) is 11.7 Å². The summed E-state index contributed by atoms with van der Waals surface area (Å²) >= 11 is 0. The summed E-state index contributed by atoms with van der Waals surface area (Å²) in [5.41, 5.74) is 11.1. The molecule has 11 nitrogen and oxygen atoms in total. The fourth-order valence-corrected chi connectivity index (χ4v) is 5.09. The van der Waals surface area contributed by atoms with E-state index in [4.69, 9.17) is 10.5 Å². The third-order valence-corrected chi connectivity index (χ3v) is 7.09. The van der Waals surface area contributed by atoms with Crippen LogP contribution < -0.4 is 10.5 Å². The molecule has 1 saturated heterocycles. The number of amidine groups is 1. The highest BCUT2D eigenvalue weighted by atomic mass is 16.5. The Balaban J connectivity index is 1.41. The van der Waals surface area contributed by atoms with Gasteiger partial charge in [0.1, 0.15) is 12.1 Å². The van der Waals surface area contributed by atoms with E-state index in [1.165, 1.54) is 25.8 Å². The van der Waals surface area contributed by atoms with Crippen molar-refractivity contribution in [2.45, 2.75) is 26.4 Å². The van der Waals surface area contributed by atoms with E-state index < -0.39 is 11.7 Å². The lowest BCUT2D eigenvalue weighted by Gasteiger charge is -2.30. The third-order valence-electron chi connectivity index (χ3n) is 7.09. The molecule has 1 fully saturated rings. The molecule has 0 radical (unpaired) electrons. The van der Waals surface area contributed by atoms with Gasteiger partial charge in [-0.25, -0.2) is 15.0 Å². The molecule has 1 aliphatic heterocycles. The number of rotatable bonds is 8. The van der Waals surface area contributed by atoms with Crippen molar-refractivity contribution in [2.24, 2.45) is 15.7 Å². The summed E-state index contributed by atoms with van der Waals surface area (Å²) in [6, 6.07) is 11.9. The molecule has 214 valence electrons. The second-order valence-corrected chi connectivity index (χ2v) is 9.82. The van der Waals surface area contributed by atoms with Crippen LogP contribution >= 0.6 is 0 Å². The third kappa shape index (κ3) is 5.81. The van der Waals surface area contributed by atoms with Crippen molar-refractivity contribution in [1.82, 2.24) is 19.9 Å². The average Bonchev–Trinajstić information content (AvgIpc) is 3.47. The topological polar surface area (TPSA) is 159 Å². The molecule has 0 bridgehead atoms. The van der Waals surface area contributed by atoms with E-state index in [9.17, 15) is 14.7 Å². The van der Waals surface area contributed by atoms with Gasteiger partial charge in [-0.1, -0.05) is 35.9 Å².